The van der Waals surface area contributed by atoms with Gasteiger partial charge in [-0.1, -0.05) is 6.07 Å². The Labute approximate surface area is 103 Å². The third-order valence-corrected chi connectivity index (χ3v) is 2.36. The van der Waals surface area contributed by atoms with Crippen LogP contribution in [-0.2, 0) is 0 Å². The molecule has 0 fully saturated rings. The van der Waals surface area contributed by atoms with Crippen molar-refractivity contribution in [2.24, 2.45) is 0 Å². The van der Waals surface area contributed by atoms with Gasteiger partial charge in [-0.3, -0.25) is 0 Å². The lowest BCUT2D eigenvalue weighted by molar-refractivity contribution is 0.960. The largest absolute Gasteiger partial charge is 0.307 e. The highest BCUT2D eigenvalue weighted by Gasteiger charge is 2.04. The lowest BCUT2D eigenvalue weighted by atomic mass is 10.3. The van der Waals surface area contributed by atoms with Crippen LogP contribution in [0.1, 0.15) is 5.56 Å². The topological polar surface area (TPSA) is 78.9 Å². The average molecular weight is 236 g/mol. The van der Waals surface area contributed by atoms with E-state index < -0.39 is 0 Å². The summed E-state index contributed by atoms with van der Waals surface area (Å²) < 4.78 is 1.56. The number of rotatable bonds is 2. The Morgan fingerprint density at radius 1 is 1.22 bits per heavy atom. The van der Waals surface area contributed by atoms with Crippen LogP contribution >= 0.6 is 0 Å². The molecular formula is C12H8N6. The molecular weight excluding hydrogens is 228 g/mol. The zero-order valence-corrected chi connectivity index (χ0v) is 9.28. The Balaban J connectivity index is 1.97. The SMILES string of the molecule is N#Cc1ccc2nc(Nc3ccccn3)nn2c1. The van der Waals surface area contributed by atoms with E-state index in [9.17, 15) is 0 Å². The predicted molar refractivity (Wildman–Crippen MR) is 65.2 cm³/mol. The standard InChI is InChI=1S/C12H8N6/c13-7-9-4-5-11-16-12(17-18(11)8-9)15-10-3-1-2-6-14-10/h1-6,8H,(H,14,15,17). The third kappa shape index (κ3) is 1.85. The molecule has 3 aromatic rings. The second-order valence-electron chi connectivity index (χ2n) is 3.61. The van der Waals surface area contributed by atoms with E-state index in [4.69, 9.17) is 5.26 Å². The Morgan fingerprint density at radius 2 is 2.17 bits per heavy atom. The summed E-state index contributed by atoms with van der Waals surface area (Å²) in [6.07, 6.45) is 3.32. The molecule has 86 valence electrons. The molecule has 0 saturated heterocycles. The van der Waals surface area contributed by atoms with E-state index in [1.165, 1.54) is 0 Å². The maximum atomic E-state index is 8.80. The summed E-state index contributed by atoms with van der Waals surface area (Å²) in [5.74, 6) is 1.12. The molecule has 18 heavy (non-hydrogen) atoms. The molecule has 0 spiro atoms. The van der Waals surface area contributed by atoms with Gasteiger partial charge in [-0.05, 0) is 24.3 Å². The van der Waals surface area contributed by atoms with Crippen molar-refractivity contribution < 1.29 is 0 Å². The van der Waals surface area contributed by atoms with Crippen LogP contribution < -0.4 is 5.32 Å². The van der Waals surface area contributed by atoms with Gasteiger partial charge in [0.15, 0.2) is 5.65 Å². The molecule has 1 N–H and O–H groups in total. The zero-order chi connectivity index (χ0) is 12.4. The molecule has 6 heteroatoms. The van der Waals surface area contributed by atoms with E-state index >= 15 is 0 Å². The summed E-state index contributed by atoms with van der Waals surface area (Å²) in [6.45, 7) is 0. The van der Waals surface area contributed by atoms with Gasteiger partial charge in [0, 0.05) is 12.4 Å². The quantitative estimate of drug-likeness (QED) is 0.733. The van der Waals surface area contributed by atoms with Crippen molar-refractivity contribution >= 4 is 17.4 Å². The monoisotopic (exact) mass is 236 g/mol. The van der Waals surface area contributed by atoms with Gasteiger partial charge in [-0.25, -0.2) is 9.50 Å². The Morgan fingerprint density at radius 3 is 2.94 bits per heavy atom. The number of pyridine rings is 2. The molecule has 0 unspecified atom stereocenters. The maximum absolute atomic E-state index is 8.80. The van der Waals surface area contributed by atoms with Gasteiger partial charge in [0.1, 0.15) is 11.9 Å². The summed E-state index contributed by atoms with van der Waals surface area (Å²) >= 11 is 0. The van der Waals surface area contributed by atoms with E-state index in [2.05, 4.69) is 26.5 Å². The molecule has 0 aromatic carbocycles. The van der Waals surface area contributed by atoms with E-state index in [-0.39, 0.29) is 0 Å². The van der Waals surface area contributed by atoms with Gasteiger partial charge in [0.25, 0.3) is 0 Å². The molecule has 3 aromatic heterocycles. The molecule has 0 aliphatic carbocycles. The summed E-state index contributed by atoms with van der Waals surface area (Å²) in [5.41, 5.74) is 1.21. The van der Waals surface area contributed by atoms with Gasteiger partial charge in [0.05, 0.1) is 5.56 Å². The number of hydrogen-bond donors (Lipinski definition) is 1. The van der Waals surface area contributed by atoms with Gasteiger partial charge >= 0.3 is 0 Å². The first-order chi connectivity index (χ1) is 8.85. The molecule has 0 saturated carbocycles. The van der Waals surface area contributed by atoms with Crippen LogP contribution in [0.15, 0.2) is 42.7 Å². The number of fused-ring (bicyclic) bond motifs is 1. The number of anilines is 2. The highest BCUT2D eigenvalue weighted by Crippen LogP contribution is 2.11. The number of nitrogens with one attached hydrogen (secondary N) is 1. The second kappa shape index (κ2) is 4.14. The molecule has 0 aliphatic rings. The lowest BCUT2D eigenvalue weighted by Crippen LogP contribution is -1.95. The van der Waals surface area contributed by atoms with Crippen LogP contribution in [0.5, 0.6) is 0 Å². The summed E-state index contributed by atoms with van der Waals surface area (Å²) in [5, 5.41) is 16.0. The van der Waals surface area contributed by atoms with Crippen LogP contribution in [0, 0.1) is 11.3 Å². The fraction of sp³-hybridized carbons (Fsp3) is 0. The summed E-state index contributed by atoms with van der Waals surface area (Å²) in [7, 11) is 0. The first kappa shape index (κ1) is 10.2. The predicted octanol–water partition coefficient (Wildman–Crippen LogP) is 1.74. The smallest absolute Gasteiger partial charge is 0.248 e. The first-order valence-electron chi connectivity index (χ1n) is 5.30. The van der Waals surface area contributed by atoms with E-state index in [0.717, 1.165) is 0 Å². The fourth-order valence-electron chi connectivity index (χ4n) is 1.55. The molecule has 0 aliphatic heterocycles. The minimum Gasteiger partial charge on any atom is -0.307 e. The molecule has 6 nitrogen and oxygen atoms in total. The van der Waals surface area contributed by atoms with Gasteiger partial charge in [0.2, 0.25) is 5.95 Å². The maximum Gasteiger partial charge on any atom is 0.248 e. The molecule has 0 amide bonds. The van der Waals surface area contributed by atoms with Crippen molar-refractivity contribution in [1.29, 1.82) is 5.26 Å². The van der Waals surface area contributed by atoms with Gasteiger partial charge < -0.3 is 5.32 Å². The average Bonchev–Trinajstić information content (AvgIpc) is 2.80. The summed E-state index contributed by atoms with van der Waals surface area (Å²) in [4.78, 5) is 8.40. The highest BCUT2D eigenvalue weighted by atomic mass is 15.3. The van der Waals surface area contributed by atoms with E-state index in [1.807, 2.05) is 18.2 Å². The lowest BCUT2D eigenvalue weighted by Gasteiger charge is -1.97. The van der Waals surface area contributed by atoms with Gasteiger partial charge in [-0.15, -0.1) is 5.10 Å². The van der Waals surface area contributed by atoms with E-state index in [1.54, 1.807) is 29.0 Å². The highest BCUT2D eigenvalue weighted by molar-refractivity contribution is 5.52. The third-order valence-electron chi connectivity index (χ3n) is 2.36. The van der Waals surface area contributed by atoms with Crippen molar-refractivity contribution in [1.82, 2.24) is 19.6 Å². The Bertz CT molecular complexity index is 725. The normalized spacial score (nSPS) is 10.2. The molecule has 0 atom stereocenters. The zero-order valence-electron chi connectivity index (χ0n) is 9.28. The van der Waals surface area contributed by atoms with Crippen LogP contribution in [-0.4, -0.2) is 19.6 Å². The number of nitriles is 1. The molecule has 0 bridgehead atoms. The fourth-order valence-corrected chi connectivity index (χ4v) is 1.55. The Hall–Kier alpha value is -2.94. The molecule has 3 heterocycles. The molecule has 0 radical (unpaired) electrons. The van der Waals surface area contributed by atoms with Gasteiger partial charge in [-0.2, -0.15) is 10.2 Å². The van der Waals surface area contributed by atoms with Crippen molar-refractivity contribution in [3.63, 3.8) is 0 Å². The second-order valence-corrected chi connectivity index (χ2v) is 3.61. The minimum absolute atomic E-state index is 0.448. The van der Waals surface area contributed by atoms with E-state index in [0.29, 0.717) is 23.0 Å². The van der Waals surface area contributed by atoms with Crippen LogP contribution in [0.25, 0.3) is 5.65 Å². The van der Waals surface area contributed by atoms with Crippen LogP contribution in [0.2, 0.25) is 0 Å². The number of hydrogen-bond acceptors (Lipinski definition) is 5. The van der Waals surface area contributed by atoms with Crippen molar-refractivity contribution in [3.05, 3.63) is 48.3 Å². The summed E-state index contributed by atoms with van der Waals surface area (Å²) in [6, 6.07) is 11.0. The van der Waals surface area contributed by atoms with Crippen LogP contribution in [0.4, 0.5) is 11.8 Å². The van der Waals surface area contributed by atoms with Crippen molar-refractivity contribution in [3.8, 4) is 6.07 Å². The molecule has 3 rings (SSSR count). The number of aromatic nitrogens is 4. The Kier molecular flexibility index (Phi) is 2.35. The minimum atomic E-state index is 0.448. The number of nitrogens with zero attached hydrogens (tertiary/aromatic N) is 5. The van der Waals surface area contributed by atoms with Crippen molar-refractivity contribution in [2.45, 2.75) is 0 Å². The first-order valence-corrected chi connectivity index (χ1v) is 5.30. The van der Waals surface area contributed by atoms with Crippen LogP contribution in [0.3, 0.4) is 0 Å². The van der Waals surface area contributed by atoms with Crippen molar-refractivity contribution in [2.75, 3.05) is 5.32 Å².